The topological polar surface area (TPSA) is 73.0 Å². The standard InChI is InChI=1S/C29H37F3N4O3/c30-29(31,32)19-13-14-34(16-19)20-6-8-21(9-7-20)35(15-12-18-4-5-18)24-3-1-2-22-23(24)17-36(28(22)39)25-10-11-26(37)33-27(25)38/h1-3,18-21,25H,4-17H2,(H,33,37,38). The van der Waals surface area contributed by atoms with Gasteiger partial charge in [0.05, 0.1) is 5.92 Å². The zero-order chi connectivity index (χ0) is 27.3. The normalized spacial score (nSPS) is 30.0. The van der Waals surface area contributed by atoms with Gasteiger partial charge in [0.2, 0.25) is 11.8 Å². The number of piperidine rings is 1. The predicted octanol–water partition coefficient (Wildman–Crippen LogP) is 4.25. The first-order chi connectivity index (χ1) is 18.7. The van der Waals surface area contributed by atoms with Crippen molar-refractivity contribution in [3.8, 4) is 0 Å². The summed E-state index contributed by atoms with van der Waals surface area (Å²) in [7, 11) is 0. The van der Waals surface area contributed by atoms with Crippen LogP contribution in [0.2, 0.25) is 0 Å². The minimum Gasteiger partial charge on any atom is -0.368 e. The maximum Gasteiger partial charge on any atom is 0.393 e. The minimum absolute atomic E-state index is 0.120. The largest absolute Gasteiger partial charge is 0.393 e. The molecule has 39 heavy (non-hydrogen) atoms. The molecule has 3 heterocycles. The third kappa shape index (κ3) is 5.41. The Bertz CT molecular complexity index is 1130. The Labute approximate surface area is 227 Å². The number of halogens is 3. The SMILES string of the molecule is O=C1CCC(N2Cc3c(cccc3N(CCC3CC3)C3CCC(N4CCC(C(F)(F)F)C4)CC3)C2=O)C(=O)N1. The first kappa shape index (κ1) is 26.6. The van der Waals surface area contributed by atoms with E-state index in [1.165, 1.54) is 12.8 Å². The van der Waals surface area contributed by atoms with Crippen molar-refractivity contribution in [2.75, 3.05) is 24.5 Å². The first-order valence-corrected chi connectivity index (χ1v) is 14.5. The molecule has 0 aromatic heterocycles. The quantitative estimate of drug-likeness (QED) is 0.518. The van der Waals surface area contributed by atoms with Crippen LogP contribution in [-0.4, -0.2) is 71.5 Å². The van der Waals surface area contributed by atoms with Gasteiger partial charge in [-0.2, -0.15) is 13.2 Å². The number of nitrogens with one attached hydrogen (secondary N) is 1. The Morgan fingerprint density at radius 1 is 0.974 bits per heavy atom. The van der Waals surface area contributed by atoms with Gasteiger partial charge in [0, 0.05) is 55.0 Å². The lowest BCUT2D eigenvalue weighted by molar-refractivity contribution is -0.171. The number of hydrogen-bond donors (Lipinski definition) is 1. The van der Waals surface area contributed by atoms with E-state index in [1.54, 1.807) is 4.90 Å². The van der Waals surface area contributed by atoms with Gasteiger partial charge >= 0.3 is 6.18 Å². The van der Waals surface area contributed by atoms with E-state index < -0.39 is 24.0 Å². The van der Waals surface area contributed by atoms with Crippen LogP contribution in [0.25, 0.3) is 0 Å². The van der Waals surface area contributed by atoms with Gasteiger partial charge in [-0.25, -0.2) is 0 Å². The maximum absolute atomic E-state index is 13.4. The summed E-state index contributed by atoms with van der Waals surface area (Å²) in [6, 6.07) is 5.64. The summed E-state index contributed by atoms with van der Waals surface area (Å²) in [5, 5.41) is 2.37. The van der Waals surface area contributed by atoms with E-state index in [0.29, 0.717) is 25.1 Å². The molecule has 0 bridgehead atoms. The smallest absolute Gasteiger partial charge is 0.368 e. The lowest BCUT2D eigenvalue weighted by Gasteiger charge is -2.41. The second-order valence-electron chi connectivity index (χ2n) is 12.1. The molecule has 5 aliphatic rings. The number of rotatable bonds is 7. The second-order valence-corrected chi connectivity index (χ2v) is 12.1. The summed E-state index contributed by atoms with van der Waals surface area (Å²) in [5.74, 6) is -1.34. The molecule has 3 amide bonds. The van der Waals surface area contributed by atoms with Crippen molar-refractivity contribution in [3.05, 3.63) is 29.3 Å². The highest BCUT2D eigenvalue weighted by atomic mass is 19.4. The number of nitrogens with zero attached hydrogens (tertiary/aromatic N) is 3. The van der Waals surface area contributed by atoms with Crippen molar-refractivity contribution >= 4 is 23.4 Å². The highest BCUT2D eigenvalue weighted by Crippen LogP contribution is 2.41. The third-order valence-electron chi connectivity index (χ3n) is 9.65. The summed E-state index contributed by atoms with van der Waals surface area (Å²) >= 11 is 0. The van der Waals surface area contributed by atoms with Gasteiger partial charge in [0.25, 0.3) is 5.91 Å². The van der Waals surface area contributed by atoms with Crippen molar-refractivity contribution < 1.29 is 27.6 Å². The number of anilines is 1. The summed E-state index contributed by atoms with van der Waals surface area (Å²) in [6.07, 6.45) is 3.83. The first-order valence-electron chi connectivity index (χ1n) is 14.5. The number of alkyl halides is 3. The third-order valence-corrected chi connectivity index (χ3v) is 9.65. The summed E-state index contributed by atoms with van der Waals surface area (Å²) < 4.78 is 39.7. The van der Waals surface area contributed by atoms with Crippen molar-refractivity contribution in [1.29, 1.82) is 0 Å². The van der Waals surface area contributed by atoms with Gasteiger partial charge in [-0.05, 0) is 69.5 Å². The number of carbonyl (C=O) groups excluding carboxylic acids is 3. The second kappa shape index (κ2) is 10.4. The fourth-order valence-electron chi connectivity index (χ4n) is 7.19. The summed E-state index contributed by atoms with van der Waals surface area (Å²) in [4.78, 5) is 43.7. The van der Waals surface area contributed by atoms with Crippen LogP contribution in [0, 0.1) is 11.8 Å². The molecular formula is C29H37F3N4O3. The molecular weight excluding hydrogens is 509 g/mol. The molecule has 0 radical (unpaired) electrons. The van der Waals surface area contributed by atoms with Crippen LogP contribution < -0.4 is 10.2 Å². The van der Waals surface area contributed by atoms with Crippen LogP contribution in [0.15, 0.2) is 18.2 Å². The molecule has 10 heteroatoms. The lowest BCUT2D eigenvalue weighted by atomic mass is 9.88. The molecule has 3 aliphatic heterocycles. The molecule has 1 aromatic carbocycles. The molecule has 1 aromatic rings. The van der Waals surface area contributed by atoms with E-state index in [4.69, 9.17) is 0 Å². The molecule has 0 spiro atoms. The molecule has 1 N–H and O–H groups in total. The van der Waals surface area contributed by atoms with Gasteiger partial charge in [0.15, 0.2) is 0 Å². The zero-order valence-electron chi connectivity index (χ0n) is 22.2. The number of amides is 3. The average Bonchev–Trinajstić information content (AvgIpc) is 3.47. The number of hydrogen-bond acceptors (Lipinski definition) is 5. The van der Waals surface area contributed by atoms with E-state index in [2.05, 4.69) is 21.2 Å². The summed E-state index contributed by atoms with van der Waals surface area (Å²) in [6.45, 7) is 1.88. The molecule has 2 unspecified atom stereocenters. The van der Waals surface area contributed by atoms with Crippen molar-refractivity contribution in [1.82, 2.24) is 15.1 Å². The van der Waals surface area contributed by atoms with Gasteiger partial charge in [-0.3, -0.25) is 24.6 Å². The fourth-order valence-corrected chi connectivity index (χ4v) is 7.19. The van der Waals surface area contributed by atoms with E-state index in [0.717, 1.165) is 55.8 Å². The molecule has 7 nitrogen and oxygen atoms in total. The molecule has 6 rings (SSSR count). The number of benzene rings is 1. The lowest BCUT2D eigenvalue weighted by Crippen LogP contribution is -2.52. The van der Waals surface area contributed by atoms with E-state index >= 15 is 0 Å². The highest BCUT2D eigenvalue weighted by Gasteiger charge is 2.46. The number of likely N-dealkylation sites (tertiary alicyclic amines) is 1. The van der Waals surface area contributed by atoms with Crippen LogP contribution in [-0.2, 0) is 16.1 Å². The van der Waals surface area contributed by atoms with Crippen LogP contribution in [0.5, 0.6) is 0 Å². The average molecular weight is 547 g/mol. The molecule has 2 aliphatic carbocycles. The fraction of sp³-hybridized carbons (Fsp3) is 0.690. The summed E-state index contributed by atoms with van der Waals surface area (Å²) in [5.41, 5.74) is 2.60. The molecule has 4 fully saturated rings. The van der Waals surface area contributed by atoms with E-state index in [9.17, 15) is 27.6 Å². The zero-order valence-corrected chi connectivity index (χ0v) is 22.2. The van der Waals surface area contributed by atoms with Gasteiger partial charge in [0.1, 0.15) is 6.04 Å². The Hall–Kier alpha value is -2.62. The van der Waals surface area contributed by atoms with E-state index in [1.807, 2.05) is 12.1 Å². The van der Waals surface area contributed by atoms with Crippen LogP contribution >= 0.6 is 0 Å². The van der Waals surface area contributed by atoms with Crippen molar-refractivity contribution in [2.45, 2.75) is 95.1 Å². The van der Waals surface area contributed by atoms with Crippen LogP contribution in [0.1, 0.15) is 80.1 Å². The number of imide groups is 1. The van der Waals surface area contributed by atoms with E-state index in [-0.39, 0.29) is 43.3 Å². The molecule has 2 saturated carbocycles. The molecule has 212 valence electrons. The van der Waals surface area contributed by atoms with Crippen molar-refractivity contribution in [2.24, 2.45) is 11.8 Å². The predicted molar refractivity (Wildman–Crippen MR) is 139 cm³/mol. The maximum atomic E-state index is 13.4. The minimum atomic E-state index is -4.11. The van der Waals surface area contributed by atoms with Crippen LogP contribution in [0.4, 0.5) is 18.9 Å². The monoisotopic (exact) mass is 546 g/mol. The Kier molecular flexibility index (Phi) is 7.10. The molecule has 2 atom stereocenters. The Morgan fingerprint density at radius 2 is 1.74 bits per heavy atom. The van der Waals surface area contributed by atoms with Gasteiger partial charge in [-0.1, -0.05) is 18.9 Å². The number of carbonyl (C=O) groups is 3. The number of fused-ring (bicyclic) bond motifs is 1. The van der Waals surface area contributed by atoms with Gasteiger partial charge < -0.3 is 9.80 Å². The van der Waals surface area contributed by atoms with Gasteiger partial charge in [-0.15, -0.1) is 0 Å². The molecule has 2 saturated heterocycles. The van der Waals surface area contributed by atoms with Crippen LogP contribution in [0.3, 0.4) is 0 Å². The van der Waals surface area contributed by atoms with Crippen molar-refractivity contribution in [3.63, 3.8) is 0 Å². The Morgan fingerprint density at radius 3 is 2.41 bits per heavy atom. The Balaban J connectivity index is 1.18. The highest BCUT2D eigenvalue weighted by molar-refractivity contribution is 6.06.